The highest BCUT2D eigenvalue weighted by molar-refractivity contribution is 6.02. The number of hydrogen-bond donors (Lipinski definition) is 2. The molecule has 1 amide bonds. The van der Waals surface area contributed by atoms with Crippen LogP contribution in [0, 0.1) is 0 Å². The summed E-state index contributed by atoms with van der Waals surface area (Å²) >= 11 is 0. The minimum atomic E-state index is -0.293. The predicted octanol–water partition coefficient (Wildman–Crippen LogP) is 3.46. The normalized spacial score (nSPS) is 10.3. The van der Waals surface area contributed by atoms with Gasteiger partial charge in [0, 0.05) is 32.0 Å². The Kier molecular flexibility index (Phi) is 6.63. The van der Waals surface area contributed by atoms with E-state index < -0.39 is 0 Å². The van der Waals surface area contributed by atoms with Crippen LogP contribution in [0.5, 0.6) is 5.75 Å². The third-order valence-corrected chi connectivity index (χ3v) is 4.39. The summed E-state index contributed by atoms with van der Waals surface area (Å²) in [6.45, 7) is 0.700. The number of anilines is 3. The summed E-state index contributed by atoms with van der Waals surface area (Å²) in [5, 5.41) is 14.2. The Hall–Kier alpha value is -3.61. The first-order valence-electron chi connectivity index (χ1n) is 9.34. The van der Waals surface area contributed by atoms with Gasteiger partial charge in [-0.2, -0.15) is 0 Å². The summed E-state index contributed by atoms with van der Waals surface area (Å²) in [4.78, 5) is 14.3. The summed E-state index contributed by atoms with van der Waals surface area (Å²) in [6, 6.07) is 18.9. The van der Waals surface area contributed by atoms with Crippen molar-refractivity contribution in [2.24, 2.45) is 0 Å². The lowest BCUT2D eigenvalue weighted by atomic mass is 10.1. The van der Waals surface area contributed by atoms with Crippen LogP contribution in [0.3, 0.4) is 0 Å². The van der Waals surface area contributed by atoms with Gasteiger partial charge in [0.25, 0.3) is 5.91 Å². The molecule has 7 nitrogen and oxygen atoms in total. The minimum absolute atomic E-state index is 0.264. The molecule has 2 aromatic carbocycles. The molecule has 0 aliphatic heterocycles. The van der Waals surface area contributed by atoms with Crippen molar-refractivity contribution in [1.29, 1.82) is 0 Å². The van der Waals surface area contributed by atoms with Gasteiger partial charge in [-0.3, -0.25) is 4.79 Å². The molecular weight excluding hydrogens is 366 g/mol. The molecule has 0 fully saturated rings. The van der Waals surface area contributed by atoms with Gasteiger partial charge in [0.05, 0.1) is 7.11 Å². The SMILES string of the molecule is COc1cccc(CCNc2ccc(C(=O)Nc3ccc(N(C)C)cc3)nn2)c1. The molecular formula is C22H25N5O2. The van der Waals surface area contributed by atoms with E-state index in [1.54, 1.807) is 19.2 Å². The monoisotopic (exact) mass is 391 g/mol. The van der Waals surface area contributed by atoms with E-state index >= 15 is 0 Å². The second kappa shape index (κ2) is 9.54. The lowest BCUT2D eigenvalue weighted by molar-refractivity contribution is 0.102. The van der Waals surface area contributed by atoms with Crippen LogP contribution in [0.25, 0.3) is 0 Å². The fraction of sp³-hybridized carbons (Fsp3) is 0.227. The molecule has 3 rings (SSSR count). The zero-order valence-electron chi connectivity index (χ0n) is 16.8. The van der Waals surface area contributed by atoms with Gasteiger partial charge in [0.15, 0.2) is 5.69 Å². The molecule has 0 saturated carbocycles. The van der Waals surface area contributed by atoms with Crippen molar-refractivity contribution in [2.75, 3.05) is 43.3 Å². The molecule has 0 radical (unpaired) electrons. The van der Waals surface area contributed by atoms with E-state index in [-0.39, 0.29) is 11.6 Å². The molecule has 3 aromatic rings. The molecule has 1 heterocycles. The molecule has 0 aliphatic carbocycles. The van der Waals surface area contributed by atoms with Crippen molar-refractivity contribution in [2.45, 2.75) is 6.42 Å². The molecule has 0 bridgehead atoms. The molecule has 1 aromatic heterocycles. The van der Waals surface area contributed by atoms with Gasteiger partial charge in [-0.05, 0) is 60.5 Å². The number of nitrogens with zero attached hydrogens (tertiary/aromatic N) is 3. The smallest absolute Gasteiger partial charge is 0.276 e. The van der Waals surface area contributed by atoms with E-state index in [2.05, 4.69) is 20.8 Å². The summed E-state index contributed by atoms with van der Waals surface area (Å²) in [6.07, 6.45) is 0.823. The van der Waals surface area contributed by atoms with Crippen molar-refractivity contribution >= 4 is 23.1 Å². The van der Waals surface area contributed by atoms with Crippen molar-refractivity contribution < 1.29 is 9.53 Å². The Morgan fingerprint density at radius 1 is 1.03 bits per heavy atom. The number of hydrogen-bond acceptors (Lipinski definition) is 6. The molecule has 0 aliphatic rings. The van der Waals surface area contributed by atoms with E-state index in [9.17, 15) is 4.79 Å². The lowest BCUT2D eigenvalue weighted by Crippen LogP contribution is -2.15. The van der Waals surface area contributed by atoms with Gasteiger partial charge in [-0.1, -0.05) is 12.1 Å². The Balaban J connectivity index is 1.51. The Morgan fingerprint density at radius 3 is 2.48 bits per heavy atom. The standard InChI is InChI=1S/C22H25N5O2/c1-27(2)18-9-7-17(8-10-18)24-22(28)20-11-12-21(26-25-20)23-14-13-16-5-4-6-19(15-16)29-3/h4-12,15H,13-14H2,1-3H3,(H,23,26)(H,24,28). The minimum Gasteiger partial charge on any atom is -0.497 e. The van der Waals surface area contributed by atoms with E-state index in [0.29, 0.717) is 18.1 Å². The average Bonchev–Trinajstić information content (AvgIpc) is 2.74. The zero-order valence-corrected chi connectivity index (χ0v) is 16.8. The third-order valence-electron chi connectivity index (χ3n) is 4.39. The van der Waals surface area contributed by atoms with Crippen LogP contribution in [-0.4, -0.2) is 43.9 Å². The van der Waals surface area contributed by atoms with Crippen molar-refractivity contribution in [1.82, 2.24) is 10.2 Å². The molecule has 0 atom stereocenters. The fourth-order valence-electron chi connectivity index (χ4n) is 2.75. The molecule has 0 saturated heterocycles. The van der Waals surface area contributed by atoms with Gasteiger partial charge in [0.2, 0.25) is 0 Å². The summed E-state index contributed by atoms with van der Waals surface area (Å²) in [7, 11) is 5.59. The number of benzene rings is 2. The highest BCUT2D eigenvalue weighted by Crippen LogP contribution is 2.16. The van der Waals surface area contributed by atoms with E-state index in [1.807, 2.05) is 67.5 Å². The first kappa shape index (κ1) is 20.1. The molecule has 29 heavy (non-hydrogen) atoms. The van der Waals surface area contributed by atoms with Crippen molar-refractivity contribution in [3.05, 3.63) is 71.9 Å². The zero-order chi connectivity index (χ0) is 20.6. The largest absolute Gasteiger partial charge is 0.497 e. The van der Waals surface area contributed by atoms with Crippen LogP contribution in [0.15, 0.2) is 60.7 Å². The van der Waals surface area contributed by atoms with Crippen LogP contribution in [0.4, 0.5) is 17.2 Å². The number of carbonyl (C=O) groups excluding carboxylic acids is 1. The average molecular weight is 391 g/mol. The first-order chi connectivity index (χ1) is 14.0. The topological polar surface area (TPSA) is 79.4 Å². The lowest BCUT2D eigenvalue weighted by Gasteiger charge is -2.13. The molecule has 0 unspecified atom stereocenters. The molecule has 7 heteroatoms. The highest BCUT2D eigenvalue weighted by atomic mass is 16.5. The maximum absolute atomic E-state index is 12.3. The van der Waals surface area contributed by atoms with Crippen molar-refractivity contribution in [3.8, 4) is 5.75 Å². The summed E-state index contributed by atoms with van der Waals surface area (Å²) in [5.41, 5.74) is 3.20. The van der Waals surface area contributed by atoms with Crippen LogP contribution < -0.4 is 20.3 Å². The second-order valence-electron chi connectivity index (χ2n) is 6.73. The van der Waals surface area contributed by atoms with Crippen LogP contribution >= 0.6 is 0 Å². The maximum atomic E-state index is 12.3. The van der Waals surface area contributed by atoms with E-state index in [1.165, 1.54) is 5.56 Å². The molecule has 0 spiro atoms. The van der Waals surface area contributed by atoms with E-state index in [0.717, 1.165) is 17.9 Å². The van der Waals surface area contributed by atoms with Crippen LogP contribution in [-0.2, 0) is 6.42 Å². The number of ether oxygens (including phenoxy) is 1. The van der Waals surface area contributed by atoms with Gasteiger partial charge in [-0.25, -0.2) is 0 Å². The number of rotatable bonds is 8. The summed E-state index contributed by atoms with van der Waals surface area (Å²) in [5.74, 6) is 1.17. The fourth-order valence-corrected chi connectivity index (χ4v) is 2.75. The van der Waals surface area contributed by atoms with Gasteiger partial charge in [-0.15, -0.1) is 10.2 Å². The first-order valence-corrected chi connectivity index (χ1v) is 9.34. The third kappa shape index (κ3) is 5.68. The quantitative estimate of drug-likeness (QED) is 0.612. The van der Waals surface area contributed by atoms with Gasteiger partial charge in [0.1, 0.15) is 11.6 Å². The predicted molar refractivity (Wildman–Crippen MR) is 116 cm³/mol. The summed E-state index contributed by atoms with van der Waals surface area (Å²) < 4.78 is 5.23. The van der Waals surface area contributed by atoms with Crippen LogP contribution in [0.1, 0.15) is 16.1 Å². The number of methoxy groups -OCH3 is 1. The maximum Gasteiger partial charge on any atom is 0.276 e. The molecule has 150 valence electrons. The Bertz CT molecular complexity index is 940. The van der Waals surface area contributed by atoms with Gasteiger partial charge < -0.3 is 20.3 Å². The highest BCUT2D eigenvalue weighted by Gasteiger charge is 2.09. The second-order valence-corrected chi connectivity index (χ2v) is 6.73. The Morgan fingerprint density at radius 2 is 1.83 bits per heavy atom. The Labute approximate surface area is 170 Å². The molecule has 2 N–H and O–H groups in total. The van der Waals surface area contributed by atoms with E-state index in [4.69, 9.17) is 4.74 Å². The van der Waals surface area contributed by atoms with Gasteiger partial charge >= 0.3 is 0 Å². The van der Waals surface area contributed by atoms with Crippen molar-refractivity contribution in [3.63, 3.8) is 0 Å². The number of carbonyl (C=O) groups is 1. The number of nitrogens with one attached hydrogen (secondary N) is 2. The number of aromatic nitrogens is 2. The van der Waals surface area contributed by atoms with Crippen LogP contribution in [0.2, 0.25) is 0 Å². The number of amides is 1.